The Labute approximate surface area is 210 Å². The van der Waals surface area contributed by atoms with Gasteiger partial charge in [-0.1, -0.05) is 54.6 Å². The number of para-hydroxylation sites is 3. The molecule has 0 saturated carbocycles. The van der Waals surface area contributed by atoms with Gasteiger partial charge in [0.2, 0.25) is 5.95 Å². The predicted octanol–water partition coefficient (Wildman–Crippen LogP) is 7.58. The van der Waals surface area contributed by atoms with Gasteiger partial charge in [0.1, 0.15) is 0 Å². The Hall–Kier alpha value is -5.03. The van der Waals surface area contributed by atoms with Crippen molar-refractivity contribution in [2.24, 2.45) is 0 Å². The Morgan fingerprint density at radius 1 is 0.568 bits per heavy atom. The molecule has 9 rings (SSSR count). The van der Waals surface area contributed by atoms with E-state index in [2.05, 4.69) is 92.8 Å². The largest absolute Gasteiger partial charge is 0.308 e. The number of fused-ring (bicyclic) bond motifs is 11. The van der Waals surface area contributed by atoms with Crippen molar-refractivity contribution in [1.82, 2.24) is 23.9 Å². The number of rotatable bonds is 1. The van der Waals surface area contributed by atoms with Crippen LogP contribution < -0.4 is 0 Å². The van der Waals surface area contributed by atoms with Gasteiger partial charge in [0.05, 0.1) is 33.3 Å². The van der Waals surface area contributed by atoms with Crippen molar-refractivity contribution in [1.29, 1.82) is 0 Å². The smallest absolute Gasteiger partial charge is 0.236 e. The van der Waals surface area contributed by atoms with Gasteiger partial charge in [0, 0.05) is 43.9 Å². The van der Waals surface area contributed by atoms with Gasteiger partial charge in [-0.25, -0.2) is 9.97 Å². The average Bonchev–Trinajstić information content (AvgIpc) is 3.57. The highest BCUT2D eigenvalue weighted by Gasteiger charge is 2.24. The minimum absolute atomic E-state index is 0.650. The summed E-state index contributed by atoms with van der Waals surface area (Å²) in [6, 6.07) is 32.3. The van der Waals surface area contributed by atoms with Crippen LogP contribution in [0.1, 0.15) is 5.69 Å². The van der Waals surface area contributed by atoms with Crippen LogP contribution in [0.15, 0.2) is 97.2 Å². The summed E-state index contributed by atoms with van der Waals surface area (Å²) in [7, 11) is 0. The van der Waals surface area contributed by atoms with Crippen molar-refractivity contribution >= 4 is 70.9 Å². The molecule has 0 N–H and O–H groups in total. The molecule has 0 unspecified atom stereocenters. The van der Waals surface area contributed by atoms with Crippen molar-refractivity contribution in [3.63, 3.8) is 0 Å². The molecular formula is C32H19N5. The number of hydrogen-bond donors (Lipinski definition) is 0. The van der Waals surface area contributed by atoms with Gasteiger partial charge in [0.15, 0.2) is 5.65 Å². The topological polar surface area (TPSA) is 48.0 Å². The van der Waals surface area contributed by atoms with Crippen LogP contribution in [-0.4, -0.2) is 23.9 Å². The van der Waals surface area contributed by atoms with E-state index in [1.165, 1.54) is 48.9 Å². The van der Waals surface area contributed by atoms with Crippen molar-refractivity contribution in [3.05, 3.63) is 103 Å². The maximum atomic E-state index is 4.99. The third-order valence-corrected chi connectivity index (χ3v) is 7.86. The van der Waals surface area contributed by atoms with Crippen LogP contribution >= 0.6 is 0 Å². The normalized spacial score (nSPS) is 12.5. The standard InChI is InChI=1S/C32H19N5/c1-18-19-12-8-16-33-31(19)35-32(34-18)37-26-15-7-3-10-21(26)28-27(37)17-23-20-9-2-5-13-24(20)36-25-14-6-4-11-22(25)29(28)30(23)36/h2-17H,1H3. The van der Waals surface area contributed by atoms with Gasteiger partial charge in [-0.2, -0.15) is 4.98 Å². The summed E-state index contributed by atoms with van der Waals surface area (Å²) in [5, 5.41) is 8.46. The molecule has 0 aliphatic carbocycles. The molecule has 0 fully saturated rings. The third kappa shape index (κ3) is 2.27. The van der Waals surface area contributed by atoms with E-state index in [1.54, 1.807) is 6.20 Å². The fourth-order valence-electron chi connectivity index (χ4n) is 6.38. The van der Waals surface area contributed by atoms with Gasteiger partial charge < -0.3 is 4.40 Å². The maximum absolute atomic E-state index is 4.99. The molecule has 37 heavy (non-hydrogen) atoms. The zero-order valence-electron chi connectivity index (χ0n) is 20.0. The second-order valence-corrected chi connectivity index (χ2v) is 9.75. The van der Waals surface area contributed by atoms with Crippen molar-refractivity contribution < 1.29 is 0 Å². The highest BCUT2D eigenvalue weighted by atomic mass is 15.2. The zero-order valence-corrected chi connectivity index (χ0v) is 20.0. The molecule has 5 nitrogen and oxygen atoms in total. The van der Waals surface area contributed by atoms with Crippen LogP contribution in [0.2, 0.25) is 0 Å². The van der Waals surface area contributed by atoms with Crippen molar-refractivity contribution in [2.45, 2.75) is 6.92 Å². The van der Waals surface area contributed by atoms with Crippen LogP contribution in [0, 0.1) is 6.92 Å². The van der Waals surface area contributed by atoms with Crippen LogP contribution in [-0.2, 0) is 0 Å². The molecular weight excluding hydrogens is 454 g/mol. The van der Waals surface area contributed by atoms with Gasteiger partial charge in [-0.05, 0) is 43.3 Å². The summed E-state index contributed by atoms with van der Waals surface area (Å²) in [6.07, 6.45) is 1.79. The summed E-state index contributed by atoms with van der Waals surface area (Å²) >= 11 is 0. The lowest BCUT2D eigenvalue weighted by Crippen LogP contribution is -2.04. The van der Waals surface area contributed by atoms with E-state index in [0.717, 1.165) is 22.1 Å². The van der Waals surface area contributed by atoms with E-state index < -0.39 is 0 Å². The van der Waals surface area contributed by atoms with E-state index in [1.807, 2.05) is 19.1 Å². The van der Waals surface area contributed by atoms with Crippen LogP contribution in [0.5, 0.6) is 0 Å². The van der Waals surface area contributed by atoms with E-state index in [-0.39, 0.29) is 0 Å². The first-order valence-corrected chi connectivity index (χ1v) is 12.5. The average molecular weight is 474 g/mol. The first kappa shape index (κ1) is 19.2. The number of aromatic nitrogens is 5. The molecule has 4 aromatic carbocycles. The maximum Gasteiger partial charge on any atom is 0.236 e. The van der Waals surface area contributed by atoms with Crippen molar-refractivity contribution in [3.8, 4) is 5.95 Å². The molecule has 0 aliphatic rings. The van der Waals surface area contributed by atoms with E-state index in [0.29, 0.717) is 11.6 Å². The van der Waals surface area contributed by atoms with Gasteiger partial charge in [0.25, 0.3) is 0 Å². The monoisotopic (exact) mass is 473 g/mol. The molecule has 0 saturated heterocycles. The highest BCUT2D eigenvalue weighted by molar-refractivity contribution is 6.35. The molecule has 0 aliphatic heterocycles. The number of pyridine rings is 1. The molecule has 9 aromatic rings. The summed E-state index contributed by atoms with van der Waals surface area (Å²) in [6.45, 7) is 2.03. The summed E-state index contributed by atoms with van der Waals surface area (Å²) in [5.74, 6) is 0.650. The first-order chi connectivity index (χ1) is 18.3. The molecule has 0 amide bonds. The van der Waals surface area contributed by atoms with Gasteiger partial charge in [-0.15, -0.1) is 0 Å². The molecule has 5 heteroatoms. The number of benzene rings is 4. The summed E-state index contributed by atoms with van der Waals surface area (Å²) in [4.78, 5) is 14.5. The minimum atomic E-state index is 0.650. The van der Waals surface area contributed by atoms with Crippen LogP contribution in [0.3, 0.4) is 0 Å². The third-order valence-electron chi connectivity index (χ3n) is 7.86. The Balaban J connectivity index is 1.59. The number of nitrogens with zero attached hydrogens (tertiary/aromatic N) is 5. The van der Waals surface area contributed by atoms with Crippen LogP contribution in [0.25, 0.3) is 76.9 Å². The first-order valence-electron chi connectivity index (χ1n) is 12.5. The fraction of sp³-hybridized carbons (Fsp3) is 0.0312. The lowest BCUT2D eigenvalue weighted by atomic mass is 10.0. The Morgan fingerprint density at radius 2 is 1.22 bits per heavy atom. The van der Waals surface area contributed by atoms with E-state index >= 15 is 0 Å². The Bertz CT molecular complexity index is 2370. The quantitative estimate of drug-likeness (QED) is 0.247. The molecule has 0 bridgehead atoms. The van der Waals surface area contributed by atoms with E-state index in [9.17, 15) is 0 Å². The van der Waals surface area contributed by atoms with E-state index in [4.69, 9.17) is 9.97 Å². The second kappa shape index (κ2) is 6.59. The SMILES string of the molecule is Cc1nc(-n2c3ccccc3c3c4c5ccccc5n5c6ccccc6c(cc32)c45)nc2ncccc12. The Kier molecular flexibility index (Phi) is 3.42. The minimum Gasteiger partial charge on any atom is -0.308 e. The molecule has 0 radical (unpaired) electrons. The number of hydrogen-bond acceptors (Lipinski definition) is 3. The molecule has 0 atom stereocenters. The van der Waals surface area contributed by atoms with Gasteiger partial charge in [-0.3, -0.25) is 4.57 Å². The lowest BCUT2D eigenvalue weighted by molar-refractivity contribution is 0.981. The fourth-order valence-corrected chi connectivity index (χ4v) is 6.38. The molecule has 5 aromatic heterocycles. The molecule has 0 spiro atoms. The highest BCUT2D eigenvalue weighted by Crippen LogP contribution is 2.46. The zero-order chi connectivity index (χ0) is 24.2. The molecule has 172 valence electrons. The lowest BCUT2D eigenvalue weighted by Gasteiger charge is -2.09. The van der Waals surface area contributed by atoms with Crippen molar-refractivity contribution in [2.75, 3.05) is 0 Å². The summed E-state index contributed by atoms with van der Waals surface area (Å²) in [5.41, 5.74) is 7.57. The summed E-state index contributed by atoms with van der Waals surface area (Å²) < 4.78 is 4.65. The Morgan fingerprint density at radius 3 is 2.03 bits per heavy atom. The molecule has 5 heterocycles. The van der Waals surface area contributed by atoms with Gasteiger partial charge >= 0.3 is 0 Å². The number of aryl methyl sites for hydroxylation is 1. The second-order valence-electron chi connectivity index (χ2n) is 9.75. The predicted molar refractivity (Wildman–Crippen MR) is 151 cm³/mol. The van der Waals surface area contributed by atoms with Crippen LogP contribution in [0.4, 0.5) is 0 Å².